The molecule has 1 aliphatic carbocycles. The molecule has 2 aromatic rings. The van der Waals surface area contributed by atoms with Crippen molar-refractivity contribution in [3.63, 3.8) is 0 Å². The highest BCUT2D eigenvalue weighted by atomic mass is 19.1. The molecular weight excluding hydrogens is 541 g/mol. The van der Waals surface area contributed by atoms with Gasteiger partial charge < -0.3 is 25.8 Å². The maximum atomic E-state index is 14.0. The van der Waals surface area contributed by atoms with E-state index in [0.717, 1.165) is 5.56 Å². The van der Waals surface area contributed by atoms with Crippen LogP contribution in [0.2, 0.25) is 0 Å². The van der Waals surface area contributed by atoms with Gasteiger partial charge in [-0.25, -0.2) is 14.0 Å². The Morgan fingerprint density at radius 2 is 1.64 bits per heavy atom. The predicted octanol–water partition coefficient (Wildman–Crippen LogP) is 4.62. The van der Waals surface area contributed by atoms with Crippen LogP contribution in [0.25, 0.3) is 0 Å². The highest BCUT2D eigenvalue weighted by molar-refractivity contribution is 5.92. The van der Waals surface area contributed by atoms with Crippen LogP contribution in [0.15, 0.2) is 54.6 Å². The lowest BCUT2D eigenvalue weighted by atomic mass is 9.78. The van der Waals surface area contributed by atoms with Crippen molar-refractivity contribution in [1.29, 1.82) is 0 Å². The highest BCUT2D eigenvalue weighted by Crippen LogP contribution is 2.46. The van der Waals surface area contributed by atoms with Crippen molar-refractivity contribution in [2.24, 2.45) is 17.6 Å². The SMILES string of the molecule is CC(C)(C)OC(=O)NC(CF)C1CCC(C(=O)N2CC(c3ccccc3C(=O)O)[C@H](c3ccccc3)[C@H]2C(N)=O)CC1. The quantitative estimate of drug-likeness (QED) is 0.416. The van der Waals surface area contributed by atoms with E-state index in [9.17, 15) is 28.7 Å². The molecule has 1 aliphatic heterocycles. The first-order chi connectivity index (χ1) is 19.9. The van der Waals surface area contributed by atoms with Crippen molar-refractivity contribution in [2.75, 3.05) is 13.2 Å². The summed E-state index contributed by atoms with van der Waals surface area (Å²) in [5.74, 6) is -3.52. The van der Waals surface area contributed by atoms with Crippen LogP contribution in [-0.4, -0.2) is 64.8 Å². The van der Waals surface area contributed by atoms with Gasteiger partial charge in [-0.2, -0.15) is 0 Å². The number of primary amides is 1. The molecule has 4 N–H and O–H groups in total. The van der Waals surface area contributed by atoms with Crippen molar-refractivity contribution in [1.82, 2.24) is 10.2 Å². The van der Waals surface area contributed by atoms with Crippen molar-refractivity contribution in [3.8, 4) is 0 Å². The van der Waals surface area contributed by atoms with E-state index in [2.05, 4.69) is 5.32 Å². The lowest BCUT2D eigenvalue weighted by Gasteiger charge is -2.35. The fourth-order valence-corrected chi connectivity index (χ4v) is 6.55. The zero-order chi connectivity index (χ0) is 30.6. The fraction of sp³-hybridized carbons (Fsp3) is 0.500. The minimum absolute atomic E-state index is 0.121. The Morgan fingerprint density at radius 3 is 2.21 bits per heavy atom. The van der Waals surface area contributed by atoms with Crippen molar-refractivity contribution in [3.05, 3.63) is 71.3 Å². The van der Waals surface area contributed by atoms with Gasteiger partial charge in [-0.05, 0) is 69.6 Å². The summed E-state index contributed by atoms with van der Waals surface area (Å²) >= 11 is 0. The first kappa shape index (κ1) is 31.0. The lowest BCUT2D eigenvalue weighted by molar-refractivity contribution is -0.142. The van der Waals surface area contributed by atoms with Crippen LogP contribution in [0.3, 0.4) is 0 Å². The molecule has 226 valence electrons. The number of rotatable bonds is 8. The first-order valence-corrected chi connectivity index (χ1v) is 14.4. The van der Waals surface area contributed by atoms with Crippen molar-refractivity contribution in [2.45, 2.75) is 76.0 Å². The number of alkyl halides is 1. The number of carboxylic acids is 1. The number of likely N-dealkylation sites (tertiary alicyclic amines) is 1. The highest BCUT2D eigenvalue weighted by Gasteiger charge is 2.50. The molecular formula is C32H40FN3O6. The van der Waals surface area contributed by atoms with Crippen LogP contribution in [0.5, 0.6) is 0 Å². The molecule has 42 heavy (non-hydrogen) atoms. The minimum Gasteiger partial charge on any atom is -0.478 e. The number of carbonyl (C=O) groups is 4. The van der Waals surface area contributed by atoms with Gasteiger partial charge in [0.25, 0.3) is 0 Å². The van der Waals surface area contributed by atoms with Gasteiger partial charge >= 0.3 is 12.1 Å². The van der Waals surface area contributed by atoms with Crippen molar-refractivity contribution >= 4 is 23.9 Å². The van der Waals surface area contributed by atoms with Crippen LogP contribution >= 0.6 is 0 Å². The van der Waals surface area contributed by atoms with E-state index < -0.39 is 60.1 Å². The molecule has 2 aromatic carbocycles. The summed E-state index contributed by atoms with van der Waals surface area (Å²) in [6, 6.07) is 14.2. The zero-order valence-electron chi connectivity index (χ0n) is 24.3. The molecule has 1 saturated heterocycles. The number of nitrogens with one attached hydrogen (secondary N) is 1. The molecule has 2 unspecified atom stereocenters. The standard InChI is InChI=1S/C32H40FN3O6/c1-32(2,3)42-31(41)35-25(17-33)19-13-15-21(16-14-19)29(38)36-18-24(22-11-7-8-12-23(22)30(39)40)26(27(36)28(34)37)20-9-5-4-6-10-20/h4-12,19,21,24-27H,13-18H2,1-3H3,(H2,34,37)(H,35,41)(H,39,40)/t19?,21?,24?,25?,26-,27-/m0/s1. The minimum atomic E-state index is -1.08. The number of carboxylic acid groups (broad SMARTS) is 1. The van der Waals surface area contributed by atoms with Gasteiger partial charge in [-0.1, -0.05) is 48.5 Å². The van der Waals surface area contributed by atoms with E-state index >= 15 is 0 Å². The fourth-order valence-electron chi connectivity index (χ4n) is 6.55. The second kappa shape index (κ2) is 12.9. The maximum Gasteiger partial charge on any atom is 0.407 e. The topological polar surface area (TPSA) is 139 Å². The van der Waals surface area contributed by atoms with E-state index in [-0.39, 0.29) is 23.9 Å². The molecule has 2 fully saturated rings. The predicted molar refractivity (Wildman–Crippen MR) is 155 cm³/mol. The normalized spacial score (nSPS) is 25.0. The molecule has 1 heterocycles. The smallest absolute Gasteiger partial charge is 0.407 e. The molecule has 3 amide bonds. The Kier molecular flexibility index (Phi) is 9.53. The number of benzene rings is 2. The largest absolute Gasteiger partial charge is 0.478 e. The summed E-state index contributed by atoms with van der Waals surface area (Å²) in [5, 5.41) is 12.5. The summed E-state index contributed by atoms with van der Waals surface area (Å²) < 4.78 is 19.2. The number of ether oxygens (including phenoxy) is 1. The van der Waals surface area contributed by atoms with Crippen LogP contribution in [0.4, 0.5) is 9.18 Å². The van der Waals surface area contributed by atoms with E-state index in [1.165, 1.54) is 11.0 Å². The van der Waals surface area contributed by atoms with Crippen LogP contribution in [0, 0.1) is 11.8 Å². The van der Waals surface area contributed by atoms with Gasteiger partial charge in [-0.3, -0.25) is 9.59 Å². The first-order valence-electron chi connectivity index (χ1n) is 14.4. The molecule has 1 saturated carbocycles. The van der Waals surface area contributed by atoms with Gasteiger partial charge in [0.1, 0.15) is 18.3 Å². The molecule has 4 atom stereocenters. The summed E-state index contributed by atoms with van der Waals surface area (Å²) in [6.07, 6.45) is 1.28. The number of hydrogen-bond acceptors (Lipinski definition) is 5. The number of carbonyl (C=O) groups excluding carboxylic acids is 3. The second-order valence-electron chi connectivity index (χ2n) is 12.3. The van der Waals surface area contributed by atoms with E-state index in [1.807, 2.05) is 30.3 Å². The van der Waals surface area contributed by atoms with Gasteiger partial charge in [0.2, 0.25) is 11.8 Å². The van der Waals surface area contributed by atoms with Gasteiger partial charge in [0.05, 0.1) is 11.6 Å². The number of hydrogen-bond donors (Lipinski definition) is 3. The molecule has 0 radical (unpaired) electrons. The number of halogens is 1. The Morgan fingerprint density at radius 1 is 1.02 bits per heavy atom. The molecule has 9 nitrogen and oxygen atoms in total. The molecule has 2 aliphatic rings. The third-order valence-corrected chi connectivity index (χ3v) is 8.41. The van der Waals surface area contributed by atoms with Crippen LogP contribution in [-0.2, 0) is 14.3 Å². The molecule has 0 aromatic heterocycles. The number of alkyl carbamates (subject to hydrolysis) is 1. The second-order valence-corrected chi connectivity index (χ2v) is 12.3. The van der Waals surface area contributed by atoms with E-state index in [0.29, 0.717) is 31.2 Å². The molecule has 0 spiro atoms. The maximum absolute atomic E-state index is 14.0. The van der Waals surface area contributed by atoms with Crippen molar-refractivity contribution < 1.29 is 33.4 Å². The summed E-state index contributed by atoms with van der Waals surface area (Å²) in [7, 11) is 0. The van der Waals surface area contributed by atoms with Crippen LogP contribution in [0.1, 0.15) is 79.8 Å². The third-order valence-electron chi connectivity index (χ3n) is 8.41. The lowest BCUT2D eigenvalue weighted by Crippen LogP contribution is -2.49. The Balaban J connectivity index is 1.55. The average molecular weight is 582 g/mol. The zero-order valence-corrected chi connectivity index (χ0v) is 24.3. The van der Waals surface area contributed by atoms with E-state index in [4.69, 9.17) is 10.5 Å². The summed E-state index contributed by atoms with van der Waals surface area (Å²) in [6.45, 7) is 4.60. The van der Waals surface area contributed by atoms with Crippen LogP contribution < -0.4 is 11.1 Å². The third kappa shape index (κ3) is 6.91. The van der Waals surface area contributed by atoms with Gasteiger partial charge in [0.15, 0.2) is 0 Å². The molecule has 0 bridgehead atoms. The Labute approximate surface area is 245 Å². The Hall–Kier alpha value is -3.95. The monoisotopic (exact) mass is 581 g/mol. The molecule has 4 rings (SSSR count). The van der Waals surface area contributed by atoms with Gasteiger partial charge in [-0.15, -0.1) is 0 Å². The number of amides is 3. The Bertz CT molecular complexity index is 1290. The average Bonchev–Trinajstić information content (AvgIpc) is 3.36. The summed E-state index contributed by atoms with van der Waals surface area (Å²) in [5.41, 5.74) is 6.70. The number of aromatic carboxylic acids is 1. The summed E-state index contributed by atoms with van der Waals surface area (Å²) in [4.78, 5) is 52.9. The number of nitrogens with zero attached hydrogens (tertiary/aromatic N) is 1. The van der Waals surface area contributed by atoms with E-state index in [1.54, 1.807) is 39.0 Å². The van der Waals surface area contributed by atoms with Gasteiger partial charge in [0, 0.05) is 24.3 Å². The number of nitrogens with two attached hydrogens (primary N) is 1. The molecule has 10 heteroatoms.